The number of nitrogens with zero attached hydrogens (tertiary/aromatic N) is 4. The molecule has 0 amide bonds. The molecule has 0 unspecified atom stereocenters. The number of fused-ring (bicyclic) bond motifs is 1. The number of hydrogen-bond acceptors (Lipinski definition) is 5. The first-order valence-corrected chi connectivity index (χ1v) is 9.79. The van der Waals surface area contributed by atoms with E-state index in [9.17, 15) is 0 Å². The van der Waals surface area contributed by atoms with Gasteiger partial charge in [0.2, 0.25) is 5.95 Å². The van der Waals surface area contributed by atoms with E-state index in [-0.39, 0.29) is 0 Å². The molecule has 0 atom stereocenters. The van der Waals surface area contributed by atoms with Crippen LogP contribution >= 0.6 is 11.6 Å². The van der Waals surface area contributed by atoms with E-state index < -0.39 is 0 Å². The van der Waals surface area contributed by atoms with E-state index in [4.69, 9.17) is 11.6 Å². The van der Waals surface area contributed by atoms with Gasteiger partial charge in [0.05, 0.1) is 0 Å². The topological polar surface area (TPSA) is 82.9 Å². The molecule has 3 heterocycles. The molecule has 0 bridgehead atoms. The molecule has 1 aromatic carbocycles. The number of hydrogen-bond donors (Lipinski definition) is 3. The summed E-state index contributed by atoms with van der Waals surface area (Å²) in [4.78, 5) is 4.65. The Hall–Kier alpha value is -3.06. The highest BCUT2D eigenvalue weighted by Gasteiger charge is 2.25. The van der Waals surface area contributed by atoms with Gasteiger partial charge < -0.3 is 10.6 Å². The van der Waals surface area contributed by atoms with E-state index in [0.717, 1.165) is 28.3 Å². The highest BCUT2D eigenvalue weighted by Crippen LogP contribution is 2.39. The van der Waals surface area contributed by atoms with Gasteiger partial charge in [-0.3, -0.25) is 5.10 Å². The summed E-state index contributed by atoms with van der Waals surface area (Å²) in [7, 11) is 0. The fourth-order valence-electron chi connectivity index (χ4n) is 3.24. The second kappa shape index (κ2) is 7.16. The van der Waals surface area contributed by atoms with Gasteiger partial charge in [-0.05, 0) is 43.0 Å². The first-order valence-electron chi connectivity index (χ1n) is 9.41. The lowest BCUT2D eigenvalue weighted by atomic mass is 10.1. The maximum absolute atomic E-state index is 6.23. The number of rotatable bonds is 7. The molecule has 0 spiro atoms. The van der Waals surface area contributed by atoms with Crippen molar-refractivity contribution < 1.29 is 0 Å². The summed E-state index contributed by atoms with van der Waals surface area (Å²) in [5.41, 5.74) is 3.18. The number of aromatic nitrogens is 5. The van der Waals surface area contributed by atoms with Crippen LogP contribution in [0.5, 0.6) is 0 Å². The fourth-order valence-corrected chi connectivity index (χ4v) is 3.47. The smallest absolute Gasteiger partial charge is 0.243 e. The summed E-state index contributed by atoms with van der Waals surface area (Å²) in [6.45, 7) is 0.685. The molecule has 142 valence electrons. The lowest BCUT2D eigenvalue weighted by Gasteiger charge is -2.10. The van der Waals surface area contributed by atoms with Gasteiger partial charge in [0, 0.05) is 35.4 Å². The van der Waals surface area contributed by atoms with Crippen LogP contribution in [0.3, 0.4) is 0 Å². The van der Waals surface area contributed by atoms with E-state index in [2.05, 4.69) is 37.0 Å². The fraction of sp³-hybridized carbons (Fsp3) is 0.250. The minimum absolute atomic E-state index is 0.552. The zero-order valence-electron chi connectivity index (χ0n) is 15.2. The van der Waals surface area contributed by atoms with E-state index in [1.165, 1.54) is 18.5 Å². The van der Waals surface area contributed by atoms with Crippen molar-refractivity contribution in [3.8, 4) is 0 Å². The molecule has 0 aliphatic heterocycles. The Kier molecular flexibility index (Phi) is 4.37. The second-order valence-corrected chi connectivity index (χ2v) is 7.41. The van der Waals surface area contributed by atoms with Crippen LogP contribution in [0.15, 0.2) is 48.7 Å². The molecule has 28 heavy (non-hydrogen) atoms. The van der Waals surface area contributed by atoms with Gasteiger partial charge in [0.15, 0.2) is 11.6 Å². The molecule has 1 saturated carbocycles. The van der Waals surface area contributed by atoms with Crippen molar-refractivity contribution in [2.75, 3.05) is 17.2 Å². The maximum Gasteiger partial charge on any atom is 0.243 e. The van der Waals surface area contributed by atoms with E-state index in [1.54, 1.807) is 0 Å². The van der Waals surface area contributed by atoms with Crippen molar-refractivity contribution >= 4 is 34.7 Å². The Morgan fingerprint density at radius 3 is 2.93 bits per heavy atom. The predicted octanol–water partition coefficient (Wildman–Crippen LogP) is 4.38. The normalized spacial score (nSPS) is 13.8. The summed E-state index contributed by atoms with van der Waals surface area (Å²) in [5, 5.41) is 19.4. The summed E-state index contributed by atoms with van der Waals surface area (Å²) >= 11 is 6.23. The molecular weight excluding hydrogens is 374 g/mol. The van der Waals surface area contributed by atoms with Crippen LogP contribution in [0.1, 0.15) is 30.0 Å². The third-order valence-corrected chi connectivity index (χ3v) is 5.26. The molecule has 1 fully saturated rings. The monoisotopic (exact) mass is 393 g/mol. The molecule has 0 radical (unpaired) electrons. The molecule has 0 saturated heterocycles. The highest BCUT2D eigenvalue weighted by atomic mass is 35.5. The van der Waals surface area contributed by atoms with Crippen molar-refractivity contribution in [1.29, 1.82) is 0 Å². The van der Waals surface area contributed by atoms with Gasteiger partial charge in [-0.2, -0.15) is 10.1 Å². The lowest BCUT2D eigenvalue weighted by Crippen LogP contribution is -2.11. The zero-order valence-corrected chi connectivity index (χ0v) is 15.9. The van der Waals surface area contributed by atoms with Crippen LogP contribution < -0.4 is 10.6 Å². The van der Waals surface area contributed by atoms with Gasteiger partial charge >= 0.3 is 0 Å². The molecular formula is C20H20ClN7. The predicted molar refractivity (Wildman–Crippen MR) is 110 cm³/mol. The van der Waals surface area contributed by atoms with E-state index >= 15 is 0 Å². The third-order valence-electron chi connectivity index (χ3n) is 4.89. The first-order chi connectivity index (χ1) is 13.8. The summed E-state index contributed by atoms with van der Waals surface area (Å²) in [6, 6.07) is 13.8. The van der Waals surface area contributed by atoms with E-state index in [0.29, 0.717) is 24.2 Å². The average molecular weight is 394 g/mol. The quantitative estimate of drug-likeness (QED) is 0.434. The van der Waals surface area contributed by atoms with Gasteiger partial charge in [-0.15, -0.1) is 5.10 Å². The highest BCUT2D eigenvalue weighted by molar-refractivity contribution is 6.31. The van der Waals surface area contributed by atoms with Crippen LogP contribution in [0, 0.1) is 0 Å². The maximum atomic E-state index is 6.23. The minimum Gasteiger partial charge on any atom is -0.353 e. The van der Waals surface area contributed by atoms with Gasteiger partial charge in [0.1, 0.15) is 5.52 Å². The minimum atomic E-state index is 0.552. The molecule has 3 aromatic heterocycles. The lowest BCUT2D eigenvalue weighted by molar-refractivity contribution is 0.886. The SMILES string of the molecule is Clc1ccccc1CCNc1nc(Nc2cc(C3CC3)[nH]n2)c2cccn2n1. The third kappa shape index (κ3) is 3.53. The molecule has 7 nitrogen and oxygen atoms in total. The molecule has 1 aliphatic carbocycles. The number of benzene rings is 1. The Morgan fingerprint density at radius 1 is 1.18 bits per heavy atom. The van der Waals surface area contributed by atoms with Crippen LogP contribution in [-0.2, 0) is 6.42 Å². The first kappa shape index (κ1) is 17.1. The Morgan fingerprint density at radius 2 is 2.07 bits per heavy atom. The van der Waals surface area contributed by atoms with E-state index in [1.807, 2.05) is 47.1 Å². The standard InChI is InChI=1S/C20H20ClN7/c21-15-5-2-1-4-13(15)9-10-22-20-24-19(17-6-3-11-28(17)27-20)23-18-12-16(25-26-18)14-7-8-14/h1-6,11-12,14H,7-10H2,(H3,22,23,24,25,26,27). The number of anilines is 3. The summed E-state index contributed by atoms with van der Waals surface area (Å²) in [5.74, 6) is 2.67. The Balaban J connectivity index is 1.33. The van der Waals surface area contributed by atoms with Crippen LogP contribution in [-0.4, -0.2) is 31.3 Å². The molecule has 1 aliphatic rings. The van der Waals surface area contributed by atoms with Crippen LogP contribution in [0.4, 0.5) is 17.6 Å². The van der Waals surface area contributed by atoms with Gasteiger partial charge in [0.25, 0.3) is 0 Å². The van der Waals surface area contributed by atoms with Crippen molar-refractivity contribution in [2.45, 2.75) is 25.2 Å². The van der Waals surface area contributed by atoms with Crippen LogP contribution in [0.2, 0.25) is 5.02 Å². The summed E-state index contributed by atoms with van der Waals surface area (Å²) in [6.07, 6.45) is 5.16. The number of nitrogens with one attached hydrogen (secondary N) is 3. The van der Waals surface area contributed by atoms with Crippen molar-refractivity contribution in [2.24, 2.45) is 0 Å². The number of H-pyrrole nitrogens is 1. The van der Waals surface area contributed by atoms with Crippen LogP contribution in [0.25, 0.3) is 5.52 Å². The largest absolute Gasteiger partial charge is 0.353 e. The van der Waals surface area contributed by atoms with Gasteiger partial charge in [-0.1, -0.05) is 29.8 Å². The second-order valence-electron chi connectivity index (χ2n) is 7.00. The molecule has 5 rings (SSSR count). The summed E-state index contributed by atoms with van der Waals surface area (Å²) < 4.78 is 1.81. The molecule has 8 heteroatoms. The Labute approximate surface area is 167 Å². The Bertz CT molecular complexity index is 1110. The molecule has 4 aromatic rings. The van der Waals surface area contributed by atoms with Gasteiger partial charge in [-0.25, -0.2) is 4.52 Å². The van der Waals surface area contributed by atoms with Crippen molar-refractivity contribution in [3.05, 3.63) is 64.9 Å². The van der Waals surface area contributed by atoms with Crippen molar-refractivity contribution in [3.63, 3.8) is 0 Å². The molecule has 3 N–H and O–H groups in total. The number of aromatic amines is 1. The zero-order chi connectivity index (χ0) is 18.9. The van der Waals surface area contributed by atoms with Crippen molar-refractivity contribution in [1.82, 2.24) is 24.8 Å². The average Bonchev–Trinajstić information content (AvgIpc) is 3.25. The number of halogens is 1.